The standard InChI is InChI=1S/C21H23ClN2O3/c1-4-21(16-8-10-17(22)11-9-16)19(25)24(20(26)23-21)12-13-27-18-14(2)6-5-7-15(18)3/h5-11H,4,12-13H2,1-3H3,(H,23,26). The van der Waals surface area contributed by atoms with Crippen molar-refractivity contribution in [2.45, 2.75) is 32.7 Å². The first-order valence-electron chi connectivity index (χ1n) is 8.98. The second-order valence-corrected chi connectivity index (χ2v) is 7.16. The van der Waals surface area contributed by atoms with E-state index in [1.807, 2.05) is 39.0 Å². The topological polar surface area (TPSA) is 58.6 Å². The van der Waals surface area contributed by atoms with E-state index in [0.717, 1.165) is 22.4 Å². The number of carbonyl (C=O) groups is 2. The van der Waals surface area contributed by atoms with Gasteiger partial charge in [-0.3, -0.25) is 9.69 Å². The smallest absolute Gasteiger partial charge is 0.325 e. The summed E-state index contributed by atoms with van der Waals surface area (Å²) < 4.78 is 5.86. The third-order valence-electron chi connectivity index (χ3n) is 5.01. The molecule has 1 atom stereocenters. The molecule has 3 rings (SSSR count). The van der Waals surface area contributed by atoms with E-state index < -0.39 is 11.6 Å². The minimum atomic E-state index is -1.06. The molecule has 0 radical (unpaired) electrons. The molecular weight excluding hydrogens is 364 g/mol. The highest BCUT2D eigenvalue weighted by Crippen LogP contribution is 2.33. The lowest BCUT2D eigenvalue weighted by Gasteiger charge is -2.26. The third-order valence-corrected chi connectivity index (χ3v) is 5.27. The molecule has 1 N–H and O–H groups in total. The van der Waals surface area contributed by atoms with Crippen LogP contribution in [0.2, 0.25) is 5.02 Å². The lowest BCUT2D eigenvalue weighted by molar-refractivity contribution is -0.132. The first kappa shape index (κ1) is 19.2. The highest BCUT2D eigenvalue weighted by Gasteiger charge is 2.51. The Bertz CT molecular complexity index is 846. The number of ether oxygens (including phenoxy) is 1. The largest absolute Gasteiger partial charge is 0.491 e. The van der Waals surface area contributed by atoms with Gasteiger partial charge in [0.1, 0.15) is 17.9 Å². The van der Waals surface area contributed by atoms with E-state index in [1.54, 1.807) is 24.3 Å². The fraction of sp³-hybridized carbons (Fsp3) is 0.333. The van der Waals surface area contributed by atoms with E-state index in [4.69, 9.17) is 16.3 Å². The Morgan fingerprint density at radius 1 is 1.07 bits per heavy atom. The van der Waals surface area contributed by atoms with Crippen molar-refractivity contribution in [3.8, 4) is 5.75 Å². The normalized spacial score (nSPS) is 19.3. The Balaban J connectivity index is 1.75. The molecule has 142 valence electrons. The van der Waals surface area contributed by atoms with Gasteiger partial charge in [0.25, 0.3) is 5.91 Å². The van der Waals surface area contributed by atoms with Crippen LogP contribution in [0.5, 0.6) is 5.75 Å². The lowest BCUT2D eigenvalue weighted by atomic mass is 9.87. The van der Waals surface area contributed by atoms with Crippen molar-refractivity contribution >= 4 is 23.5 Å². The van der Waals surface area contributed by atoms with Crippen LogP contribution in [0.15, 0.2) is 42.5 Å². The Kier molecular flexibility index (Phi) is 5.42. The number of nitrogens with zero attached hydrogens (tertiary/aromatic N) is 1. The minimum Gasteiger partial charge on any atom is -0.491 e. The van der Waals surface area contributed by atoms with E-state index in [-0.39, 0.29) is 19.1 Å². The van der Waals surface area contributed by atoms with Crippen LogP contribution in [-0.2, 0) is 10.3 Å². The molecule has 2 aromatic carbocycles. The fourth-order valence-corrected chi connectivity index (χ4v) is 3.59. The van der Waals surface area contributed by atoms with Gasteiger partial charge in [-0.05, 0) is 49.1 Å². The quantitative estimate of drug-likeness (QED) is 0.757. The molecule has 0 bridgehead atoms. The average Bonchev–Trinajstić information content (AvgIpc) is 2.89. The first-order valence-corrected chi connectivity index (χ1v) is 9.36. The van der Waals surface area contributed by atoms with Crippen LogP contribution in [0.3, 0.4) is 0 Å². The number of hydrogen-bond donors (Lipinski definition) is 1. The molecule has 6 heteroatoms. The zero-order chi connectivity index (χ0) is 19.6. The van der Waals surface area contributed by atoms with E-state index >= 15 is 0 Å². The summed E-state index contributed by atoms with van der Waals surface area (Å²) in [6, 6.07) is 12.5. The second-order valence-electron chi connectivity index (χ2n) is 6.72. The Morgan fingerprint density at radius 3 is 2.30 bits per heavy atom. The number of carbonyl (C=O) groups excluding carboxylic acids is 2. The van der Waals surface area contributed by atoms with Gasteiger partial charge in [0.2, 0.25) is 0 Å². The number of halogens is 1. The molecule has 0 spiro atoms. The maximum Gasteiger partial charge on any atom is 0.325 e. The van der Waals surface area contributed by atoms with Crippen LogP contribution < -0.4 is 10.1 Å². The van der Waals surface area contributed by atoms with E-state index in [0.29, 0.717) is 11.4 Å². The van der Waals surface area contributed by atoms with Crippen molar-refractivity contribution < 1.29 is 14.3 Å². The zero-order valence-corrected chi connectivity index (χ0v) is 16.5. The van der Waals surface area contributed by atoms with Crippen LogP contribution in [0, 0.1) is 13.8 Å². The predicted octanol–water partition coefficient (Wildman–Crippen LogP) is 4.19. The van der Waals surface area contributed by atoms with Crippen LogP contribution in [0.1, 0.15) is 30.0 Å². The van der Waals surface area contributed by atoms with Crippen molar-refractivity contribution in [2.75, 3.05) is 13.2 Å². The molecule has 1 aliphatic rings. The molecule has 1 saturated heterocycles. The molecule has 1 unspecified atom stereocenters. The molecule has 3 amide bonds. The number of rotatable bonds is 6. The number of hydrogen-bond acceptors (Lipinski definition) is 3. The van der Waals surface area contributed by atoms with Crippen molar-refractivity contribution in [1.29, 1.82) is 0 Å². The third kappa shape index (κ3) is 3.52. The van der Waals surface area contributed by atoms with Gasteiger partial charge >= 0.3 is 6.03 Å². The van der Waals surface area contributed by atoms with E-state index in [2.05, 4.69) is 5.32 Å². The van der Waals surface area contributed by atoms with Gasteiger partial charge in [0.05, 0.1) is 6.54 Å². The highest BCUT2D eigenvalue weighted by atomic mass is 35.5. The molecule has 27 heavy (non-hydrogen) atoms. The molecule has 1 heterocycles. The maximum absolute atomic E-state index is 13.1. The van der Waals surface area contributed by atoms with Crippen molar-refractivity contribution in [3.63, 3.8) is 0 Å². The van der Waals surface area contributed by atoms with Gasteiger partial charge in [-0.2, -0.15) is 0 Å². The number of para-hydroxylation sites is 1. The van der Waals surface area contributed by atoms with Gasteiger partial charge in [0.15, 0.2) is 0 Å². The van der Waals surface area contributed by atoms with Crippen LogP contribution in [-0.4, -0.2) is 30.0 Å². The van der Waals surface area contributed by atoms with Crippen molar-refractivity contribution in [1.82, 2.24) is 10.2 Å². The number of benzene rings is 2. The van der Waals surface area contributed by atoms with Crippen molar-refractivity contribution in [2.24, 2.45) is 0 Å². The summed E-state index contributed by atoms with van der Waals surface area (Å²) in [6.45, 7) is 6.25. The zero-order valence-electron chi connectivity index (χ0n) is 15.7. The Hall–Kier alpha value is -2.53. The van der Waals surface area contributed by atoms with E-state index in [9.17, 15) is 9.59 Å². The summed E-state index contributed by atoms with van der Waals surface area (Å²) in [5.41, 5.74) is 1.72. The summed E-state index contributed by atoms with van der Waals surface area (Å²) in [6.07, 6.45) is 0.452. The molecule has 1 aliphatic heterocycles. The number of imide groups is 1. The minimum absolute atomic E-state index is 0.188. The highest BCUT2D eigenvalue weighted by molar-refractivity contribution is 6.30. The summed E-state index contributed by atoms with van der Waals surface area (Å²) >= 11 is 5.95. The van der Waals surface area contributed by atoms with Crippen molar-refractivity contribution in [3.05, 3.63) is 64.2 Å². The van der Waals surface area contributed by atoms with Crippen LogP contribution in [0.4, 0.5) is 4.79 Å². The number of amides is 3. The van der Waals surface area contributed by atoms with Crippen LogP contribution >= 0.6 is 11.6 Å². The van der Waals surface area contributed by atoms with Gasteiger partial charge in [-0.15, -0.1) is 0 Å². The fourth-order valence-electron chi connectivity index (χ4n) is 3.47. The Labute approximate surface area is 164 Å². The summed E-state index contributed by atoms with van der Waals surface area (Å²) in [7, 11) is 0. The number of nitrogens with one attached hydrogen (secondary N) is 1. The van der Waals surface area contributed by atoms with E-state index in [1.165, 1.54) is 4.90 Å². The monoisotopic (exact) mass is 386 g/mol. The molecule has 0 saturated carbocycles. The SMILES string of the molecule is CCC1(c2ccc(Cl)cc2)NC(=O)N(CCOc2c(C)cccc2C)C1=O. The Morgan fingerprint density at radius 2 is 1.70 bits per heavy atom. The molecular formula is C21H23ClN2O3. The van der Waals surface area contributed by atoms with Crippen LogP contribution in [0.25, 0.3) is 0 Å². The second kappa shape index (κ2) is 7.61. The summed E-state index contributed by atoms with van der Waals surface area (Å²) in [4.78, 5) is 26.8. The number of aryl methyl sites for hydroxylation is 2. The summed E-state index contributed by atoms with van der Waals surface area (Å²) in [5.74, 6) is 0.534. The van der Waals surface area contributed by atoms with Gasteiger partial charge in [-0.1, -0.05) is 48.9 Å². The summed E-state index contributed by atoms with van der Waals surface area (Å²) in [5, 5.41) is 3.45. The van der Waals surface area contributed by atoms with Gasteiger partial charge in [0, 0.05) is 5.02 Å². The average molecular weight is 387 g/mol. The van der Waals surface area contributed by atoms with Gasteiger partial charge in [-0.25, -0.2) is 4.79 Å². The lowest BCUT2D eigenvalue weighted by Crippen LogP contribution is -2.43. The molecule has 0 aliphatic carbocycles. The maximum atomic E-state index is 13.1. The molecule has 5 nitrogen and oxygen atoms in total. The molecule has 2 aromatic rings. The van der Waals surface area contributed by atoms with Gasteiger partial charge < -0.3 is 10.1 Å². The molecule has 1 fully saturated rings. The number of urea groups is 1. The molecule has 0 aromatic heterocycles. The predicted molar refractivity (Wildman–Crippen MR) is 105 cm³/mol. The first-order chi connectivity index (χ1) is 12.9.